The molecule has 0 bridgehead atoms. The van der Waals surface area contributed by atoms with Crippen molar-refractivity contribution in [3.05, 3.63) is 29.8 Å². The van der Waals surface area contributed by atoms with E-state index >= 15 is 0 Å². The van der Waals surface area contributed by atoms with Crippen LogP contribution in [0.4, 0.5) is 5.69 Å². The number of aryl methyl sites for hydroxylation is 1. The van der Waals surface area contributed by atoms with Gasteiger partial charge in [0, 0.05) is 5.69 Å². The lowest BCUT2D eigenvalue weighted by molar-refractivity contribution is -0.163. The molecule has 3 rings (SSSR count). The molecular weight excluding hydrogens is 372 g/mol. The lowest BCUT2D eigenvalue weighted by atomic mass is 9.81. The standard InChI is InChI=1S/C22H28N2O5/c1-4-15-9-11-16(12-10-15)23-19(25)14(3)29-22(28)13(2)24-20(26)17-7-5-6-8-18(17)21(24)27/h9-14,17-18H,4-8H2,1-3H3,(H,23,25)/t13-,14+,17-,18-/m0/s1. The lowest BCUT2D eigenvalue weighted by Crippen LogP contribution is -2.46. The van der Waals surface area contributed by atoms with Crippen LogP contribution in [0.3, 0.4) is 0 Å². The Morgan fingerprint density at radius 3 is 2.14 bits per heavy atom. The zero-order valence-corrected chi connectivity index (χ0v) is 17.1. The first-order chi connectivity index (χ1) is 13.8. The summed E-state index contributed by atoms with van der Waals surface area (Å²) in [7, 11) is 0. The highest BCUT2D eigenvalue weighted by molar-refractivity contribution is 6.08. The molecule has 1 heterocycles. The number of fused-ring (bicyclic) bond motifs is 1. The number of nitrogens with zero attached hydrogens (tertiary/aromatic N) is 1. The van der Waals surface area contributed by atoms with Crippen LogP contribution < -0.4 is 5.32 Å². The number of likely N-dealkylation sites (tertiary alicyclic amines) is 1. The summed E-state index contributed by atoms with van der Waals surface area (Å²) in [6, 6.07) is 6.37. The molecule has 1 saturated carbocycles. The number of rotatable bonds is 6. The van der Waals surface area contributed by atoms with E-state index < -0.39 is 24.0 Å². The van der Waals surface area contributed by atoms with Crippen molar-refractivity contribution in [1.29, 1.82) is 0 Å². The minimum Gasteiger partial charge on any atom is -0.451 e. The SMILES string of the molecule is CCc1ccc(NC(=O)[C@@H](C)OC(=O)[C@H](C)N2C(=O)[C@H]3CCCC[C@@H]3C2=O)cc1. The summed E-state index contributed by atoms with van der Waals surface area (Å²) >= 11 is 0. The third-order valence-electron chi connectivity index (χ3n) is 5.90. The Balaban J connectivity index is 1.58. The van der Waals surface area contributed by atoms with Crippen LogP contribution in [-0.4, -0.2) is 40.7 Å². The maximum atomic E-state index is 12.6. The molecule has 29 heavy (non-hydrogen) atoms. The van der Waals surface area contributed by atoms with Crippen LogP contribution in [-0.2, 0) is 30.3 Å². The second-order valence-electron chi connectivity index (χ2n) is 7.84. The molecule has 7 nitrogen and oxygen atoms in total. The molecule has 2 fully saturated rings. The predicted octanol–water partition coefficient (Wildman–Crippen LogP) is 2.68. The topological polar surface area (TPSA) is 92.8 Å². The molecule has 7 heteroatoms. The maximum absolute atomic E-state index is 12.6. The summed E-state index contributed by atoms with van der Waals surface area (Å²) in [5, 5.41) is 2.70. The molecule has 4 atom stereocenters. The van der Waals surface area contributed by atoms with Crippen molar-refractivity contribution in [3.63, 3.8) is 0 Å². The highest BCUT2D eigenvalue weighted by atomic mass is 16.5. The number of hydrogen-bond acceptors (Lipinski definition) is 5. The summed E-state index contributed by atoms with van der Waals surface area (Å²) in [6.45, 7) is 4.98. The van der Waals surface area contributed by atoms with E-state index in [1.807, 2.05) is 19.1 Å². The molecule has 2 aliphatic rings. The molecule has 1 aromatic carbocycles. The Kier molecular flexibility index (Phi) is 6.35. The van der Waals surface area contributed by atoms with Gasteiger partial charge in [0.25, 0.3) is 5.91 Å². The van der Waals surface area contributed by atoms with Gasteiger partial charge in [-0.1, -0.05) is 31.9 Å². The zero-order chi connectivity index (χ0) is 21.1. The predicted molar refractivity (Wildman–Crippen MR) is 107 cm³/mol. The fraction of sp³-hybridized carbons (Fsp3) is 0.545. The number of carbonyl (C=O) groups is 4. The van der Waals surface area contributed by atoms with E-state index in [9.17, 15) is 19.2 Å². The minimum atomic E-state index is -1.05. The number of imide groups is 1. The number of anilines is 1. The van der Waals surface area contributed by atoms with Crippen LogP contribution in [0.25, 0.3) is 0 Å². The molecule has 1 aliphatic heterocycles. The molecule has 1 saturated heterocycles. The molecule has 1 N–H and O–H groups in total. The molecule has 0 spiro atoms. The number of amides is 3. The third-order valence-corrected chi connectivity index (χ3v) is 5.90. The Labute approximate surface area is 170 Å². The van der Waals surface area contributed by atoms with Gasteiger partial charge >= 0.3 is 5.97 Å². The fourth-order valence-electron chi connectivity index (χ4n) is 4.07. The molecular formula is C22H28N2O5. The summed E-state index contributed by atoms with van der Waals surface area (Å²) in [6.07, 6.45) is 3.06. The molecule has 0 radical (unpaired) electrons. The number of benzene rings is 1. The van der Waals surface area contributed by atoms with E-state index in [4.69, 9.17) is 4.74 Å². The van der Waals surface area contributed by atoms with Gasteiger partial charge in [0.1, 0.15) is 6.04 Å². The van der Waals surface area contributed by atoms with Crippen molar-refractivity contribution in [1.82, 2.24) is 4.90 Å². The largest absolute Gasteiger partial charge is 0.451 e. The van der Waals surface area contributed by atoms with Gasteiger partial charge in [0.05, 0.1) is 11.8 Å². The van der Waals surface area contributed by atoms with Crippen LogP contribution in [0.2, 0.25) is 0 Å². The quantitative estimate of drug-likeness (QED) is 0.585. The van der Waals surface area contributed by atoms with Crippen LogP contribution in [0, 0.1) is 11.8 Å². The van der Waals surface area contributed by atoms with Crippen LogP contribution in [0.15, 0.2) is 24.3 Å². The van der Waals surface area contributed by atoms with Crippen molar-refractivity contribution >= 4 is 29.4 Å². The van der Waals surface area contributed by atoms with Gasteiger partial charge in [-0.3, -0.25) is 19.3 Å². The van der Waals surface area contributed by atoms with Crippen molar-refractivity contribution in [2.75, 3.05) is 5.32 Å². The minimum absolute atomic E-state index is 0.294. The van der Waals surface area contributed by atoms with Gasteiger partial charge in [0.2, 0.25) is 11.8 Å². The number of esters is 1. The summed E-state index contributed by atoms with van der Waals surface area (Å²) in [4.78, 5) is 51.2. The first kappa shape index (κ1) is 21.0. The summed E-state index contributed by atoms with van der Waals surface area (Å²) in [5.41, 5.74) is 1.76. The number of carbonyl (C=O) groups excluding carboxylic acids is 4. The van der Waals surface area contributed by atoms with E-state index in [-0.39, 0.29) is 23.7 Å². The van der Waals surface area contributed by atoms with E-state index in [2.05, 4.69) is 5.32 Å². The average molecular weight is 400 g/mol. The highest BCUT2D eigenvalue weighted by Crippen LogP contribution is 2.38. The van der Waals surface area contributed by atoms with E-state index in [1.54, 1.807) is 12.1 Å². The highest BCUT2D eigenvalue weighted by Gasteiger charge is 2.51. The summed E-state index contributed by atoms with van der Waals surface area (Å²) < 4.78 is 5.26. The number of ether oxygens (including phenoxy) is 1. The van der Waals surface area contributed by atoms with Crippen LogP contribution in [0.1, 0.15) is 52.0 Å². The Morgan fingerprint density at radius 2 is 1.62 bits per heavy atom. The van der Waals surface area contributed by atoms with Crippen molar-refractivity contribution in [3.8, 4) is 0 Å². The average Bonchev–Trinajstić information content (AvgIpc) is 2.98. The Bertz CT molecular complexity index is 780. The second kappa shape index (κ2) is 8.76. The molecule has 0 unspecified atom stereocenters. The fourth-order valence-corrected chi connectivity index (χ4v) is 4.07. The number of nitrogens with one attached hydrogen (secondary N) is 1. The van der Waals surface area contributed by atoms with Crippen LogP contribution in [0.5, 0.6) is 0 Å². The summed E-state index contributed by atoms with van der Waals surface area (Å²) in [5.74, 6) is -2.46. The first-order valence-corrected chi connectivity index (χ1v) is 10.3. The van der Waals surface area contributed by atoms with Crippen LogP contribution >= 0.6 is 0 Å². The Morgan fingerprint density at radius 1 is 1.07 bits per heavy atom. The van der Waals surface area contributed by atoms with Gasteiger partial charge in [-0.2, -0.15) is 0 Å². The maximum Gasteiger partial charge on any atom is 0.329 e. The second-order valence-corrected chi connectivity index (χ2v) is 7.84. The smallest absolute Gasteiger partial charge is 0.329 e. The normalized spacial score (nSPS) is 23.3. The van der Waals surface area contributed by atoms with E-state index in [0.29, 0.717) is 18.5 Å². The zero-order valence-electron chi connectivity index (χ0n) is 17.1. The first-order valence-electron chi connectivity index (χ1n) is 10.3. The van der Waals surface area contributed by atoms with E-state index in [0.717, 1.165) is 29.7 Å². The monoisotopic (exact) mass is 400 g/mol. The van der Waals surface area contributed by atoms with Gasteiger partial charge in [-0.15, -0.1) is 0 Å². The molecule has 1 aliphatic carbocycles. The van der Waals surface area contributed by atoms with Gasteiger partial charge in [-0.25, -0.2) is 4.79 Å². The lowest BCUT2D eigenvalue weighted by Gasteiger charge is -2.23. The molecule has 0 aromatic heterocycles. The van der Waals surface area contributed by atoms with Gasteiger partial charge in [-0.05, 0) is 50.8 Å². The third kappa shape index (κ3) is 4.33. The molecule has 156 valence electrons. The van der Waals surface area contributed by atoms with Crippen molar-refractivity contribution in [2.45, 2.75) is 65.0 Å². The van der Waals surface area contributed by atoms with Crippen molar-refractivity contribution < 1.29 is 23.9 Å². The number of hydrogen-bond donors (Lipinski definition) is 1. The van der Waals surface area contributed by atoms with E-state index in [1.165, 1.54) is 13.8 Å². The van der Waals surface area contributed by atoms with Gasteiger partial charge in [0.15, 0.2) is 6.10 Å². The van der Waals surface area contributed by atoms with Gasteiger partial charge < -0.3 is 10.1 Å². The Hall–Kier alpha value is -2.70. The molecule has 1 aromatic rings. The van der Waals surface area contributed by atoms with Crippen molar-refractivity contribution in [2.24, 2.45) is 11.8 Å². The molecule has 3 amide bonds.